The third-order valence-electron chi connectivity index (χ3n) is 3.65. The molecule has 5 nitrogen and oxygen atoms in total. The van der Waals surface area contributed by atoms with Gasteiger partial charge in [-0.2, -0.15) is 5.10 Å². The first-order valence-corrected chi connectivity index (χ1v) is 6.86. The van der Waals surface area contributed by atoms with E-state index in [1.54, 1.807) is 6.20 Å². The number of nitrogens with one attached hydrogen (secondary N) is 1. The first-order chi connectivity index (χ1) is 9.75. The van der Waals surface area contributed by atoms with Gasteiger partial charge in [-0.15, -0.1) is 0 Å². The van der Waals surface area contributed by atoms with E-state index in [9.17, 15) is 4.79 Å². The monoisotopic (exact) mass is 270 g/mol. The number of anilines is 2. The number of carbonyl (C=O) groups excluding carboxylic acids is 1. The molecule has 0 atom stereocenters. The number of para-hydroxylation sites is 2. The summed E-state index contributed by atoms with van der Waals surface area (Å²) in [4.78, 5) is 13.8. The number of hydrogen-bond donors (Lipinski definition) is 1. The minimum Gasteiger partial charge on any atom is -0.378 e. The summed E-state index contributed by atoms with van der Waals surface area (Å²) >= 11 is 0. The molecule has 1 fully saturated rings. The number of benzene rings is 1. The van der Waals surface area contributed by atoms with Gasteiger partial charge in [0.05, 0.1) is 23.6 Å². The van der Waals surface area contributed by atoms with Crippen molar-refractivity contribution in [2.45, 2.75) is 19.4 Å². The topological polar surface area (TPSA) is 50.2 Å². The van der Waals surface area contributed by atoms with Crippen LogP contribution in [0.25, 0.3) is 0 Å². The molecule has 0 unspecified atom stereocenters. The van der Waals surface area contributed by atoms with Gasteiger partial charge in [0.2, 0.25) is 5.91 Å². The molecule has 5 heteroatoms. The largest absolute Gasteiger partial charge is 0.378 e. The average molecular weight is 270 g/mol. The van der Waals surface area contributed by atoms with Crippen LogP contribution in [0.4, 0.5) is 11.4 Å². The summed E-state index contributed by atoms with van der Waals surface area (Å²) in [6.45, 7) is 1.50. The second kappa shape index (κ2) is 5.36. The summed E-state index contributed by atoms with van der Waals surface area (Å²) in [5.74, 6) is 0.208. The number of amides is 1. The SMILES string of the molecule is Cn1nccc1CNc1ccccc1N1CCCC1=O. The molecule has 0 radical (unpaired) electrons. The van der Waals surface area contributed by atoms with Crippen LogP contribution in [0.3, 0.4) is 0 Å². The second-order valence-electron chi connectivity index (χ2n) is 4.97. The summed E-state index contributed by atoms with van der Waals surface area (Å²) in [5, 5.41) is 7.55. The van der Waals surface area contributed by atoms with E-state index in [1.165, 1.54) is 0 Å². The summed E-state index contributed by atoms with van der Waals surface area (Å²) < 4.78 is 1.84. The molecule has 2 heterocycles. The molecule has 1 aromatic carbocycles. The normalized spacial score (nSPS) is 14.8. The summed E-state index contributed by atoms with van der Waals surface area (Å²) in [7, 11) is 1.92. The van der Waals surface area contributed by atoms with Gasteiger partial charge < -0.3 is 10.2 Å². The molecule has 1 aliphatic rings. The first-order valence-electron chi connectivity index (χ1n) is 6.86. The zero-order valence-corrected chi connectivity index (χ0v) is 11.5. The first kappa shape index (κ1) is 12.7. The fourth-order valence-corrected chi connectivity index (χ4v) is 2.52. The van der Waals surface area contributed by atoms with Crippen molar-refractivity contribution in [3.63, 3.8) is 0 Å². The Morgan fingerprint density at radius 3 is 2.85 bits per heavy atom. The summed E-state index contributed by atoms with van der Waals surface area (Å²) in [6, 6.07) is 9.94. The molecule has 0 spiro atoms. The van der Waals surface area contributed by atoms with Crippen LogP contribution in [-0.4, -0.2) is 22.2 Å². The van der Waals surface area contributed by atoms with E-state index in [2.05, 4.69) is 10.4 Å². The van der Waals surface area contributed by atoms with Gasteiger partial charge >= 0.3 is 0 Å². The van der Waals surface area contributed by atoms with Gasteiger partial charge in [0, 0.05) is 26.2 Å². The molecule has 3 rings (SSSR count). The number of aromatic nitrogens is 2. The van der Waals surface area contributed by atoms with Crippen molar-refractivity contribution in [3.05, 3.63) is 42.2 Å². The molecule has 1 aliphatic heterocycles. The van der Waals surface area contributed by atoms with E-state index >= 15 is 0 Å². The van der Waals surface area contributed by atoms with Crippen LogP contribution >= 0.6 is 0 Å². The summed E-state index contributed by atoms with van der Waals surface area (Å²) in [6.07, 6.45) is 3.37. The molecule has 20 heavy (non-hydrogen) atoms. The molecular formula is C15H18N4O. The zero-order valence-electron chi connectivity index (χ0n) is 11.5. The lowest BCUT2D eigenvalue weighted by molar-refractivity contribution is -0.117. The Hall–Kier alpha value is -2.30. The van der Waals surface area contributed by atoms with Gasteiger partial charge in [0.25, 0.3) is 0 Å². The average Bonchev–Trinajstić information content (AvgIpc) is 3.06. The third kappa shape index (κ3) is 2.39. The van der Waals surface area contributed by atoms with Crippen LogP contribution in [0.5, 0.6) is 0 Å². The fourth-order valence-electron chi connectivity index (χ4n) is 2.52. The van der Waals surface area contributed by atoms with Crippen molar-refractivity contribution in [2.75, 3.05) is 16.8 Å². The van der Waals surface area contributed by atoms with Crippen molar-refractivity contribution in [1.82, 2.24) is 9.78 Å². The Labute approximate surface area is 118 Å². The number of rotatable bonds is 4. The molecule has 104 valence electrons. The molecule has 2 aromatic rings. The van der Waals surface area contributed by atoms with Gasteiger partial charge in [-0.05, 0) is 24.6 Å². The third-order valence-corrected chi connectivity index (χ3v) is 3.65. The fraction of sp³-hybridized carbons (Fsp3) is 0.333. The predicted molar refractivity (Wildman–Crippen MR) is 78.6 cm³/mol. The van der Waals surface area contributed by atoms with Crippen molar-refractivity contribution in [1.29, 1.82) is 0 Å². The predicted octanol–water partition coefficient (Wildman–Crippen LogP) is 2.16. The lowest BCUT2D eigenvalue weighted by atomic mass is 10.2. The van der Waals surface area contributed by atoms with E-state index in [0.29, 0.717) is 13.0 Å². The molecule has 0 aliphatic carbocycles. The van der Waals surface area contributed by atoms with Crippen LogP contribution < -0.4 is 10.2 Å². The van der Waals surface area contributed by atoms with Crippen molar-refractivity contribution in [3.8, 4) is 0 Å². The minimum absolute atomic E-state index is 0.208. The summed E-state index contributed by atoms with van der Waals surface area (Å²) in [5.41, 5.74) is 3.06. The number of carbonyl (C=O) groups is 1. The lowest BCUT2D eigenvalue weighted by Crippen LogP contribution is -2.24. The quantitative estimate of drug-likeness (QED) is 0.926. The number of aryl methyl sites for hydroxylation is 1. The second-order valence-corrected chi connectivity index (χ2v) is 4.97. The van der Waals surface area contributed by atoms with Gasteiger partial charge in [-0.25, -0.2) is 0 Å². The standard InChI is InChI=1S/C15H18N4O/c1-18-12(8-9-17-18)11-16-13-5-2-3-6-14(13)19-10-4-7-15(19)20/h2-3,5-6,8-9,16H,4,7,10-11H2,1H3. The van der Waals surface area contributed by atoms with Crippen LogP contribution in [0.2, 0.25) is 0 Å². The minimum atomic E-state index is 0.208. The molecule has 0 bridgehead atoms. The Kier molecular flexibility index (Phi) is 3.41. The highest BCUT2D eigenvalue weighted by Crippen LogP contribution is 2.29. The van der Waals surface area contributed by atoms with Gasteiger partial charge in [0.1, 0.15) is 0 Å². The Morgan fingerprint density at radius 2 is 2.15 bits per heavy atom. The van der Waals surface area contributed by atoms with E-state index < -0.39 is 0 Å². The molecule has 1 N–H and O–H groups in total. The highest BCUT2D eigenvalue weighted by atomic mass is 16.2. The maximum Gasteiger partial charge on any atom is 0.227 e. The molecule has 1 saturated heterocycles. The number of nitrogens with zero attached hydrogens (tertiary/aromatic N) is 3. The van der Waals surface area contributed by atoms with Crippen LogP contribution in [0.15, 0.2) is 36.5 Å². The van der Waals surface area contributed by atoms with E-state index in [1.807, 2.05) is 47.0 Å². The van der Waals surface area contributed by atoms with Gasteiger partial charge in [-0.3, -0.25) is 9.48 Å². The highest BCUT2D eigenvalue weighted by Gasteiger charge is 2.23. The maximum absolute atomic E-state index is 11.9. The van der Waals surface area contributed by atoms with Crippen molar-refractivity contribution in [2.24, 2.45) is 7.05 Å². The van der Waals surface area contributed by atoms with E-state index in [4.69, 9.17) is 0 Å². The van der Waals surface area contributed by atoms with Gasteiger partial charge in [0.15, 0.2) is 0 Å². The van der Waals surface area contributed by atoms with E-state index in [-0.39, 0.29) is 5.91 Å². The number of hydrogen-bond acceptors (Lipinski definition) is 3. The highest BCUT2D eigenvalue weighted by molar-refractivity contribution is 5.98. The van der Waals surface area contributed by atoms with Crippen molar-refractivity contribution < 1.29 is 4.79 Å². The molecule has 0 saturated carbocycles. The van der Waals surface area contributed by atoms with Crippen LogP contribution in [-0.2, 0) is 18.4 Å². The Morgan fingerprint density at radius 1 is 1.30 bits per heavy atom. The van der Waals surface area contributed by atoms with E-state index in [0.717, 1.165) is 30.0 Å². The maximum atomic E-state index is 11.9. The smallest absolute Gasteiger partial charge is 0.227 e. The van der Waals surface area contributed by atoms with Crippen molar-refractivity contribution >= 4 is 17.3 Å². The molecule has 1 aromatic heterocycles. The zero-order chi connectivity index (χ0) is 13.9. The Balaban J connectivity index is 1.79. The lowest BCUT2D eigenvalue weighted by Gasteiger charge is -2.20. The van der Waals surface area contributed by atoms with Crippen LogP contribution in [0.1, 0.15) is 18.5 Å². The van der Waals surface area contributed by atoms with Gasteiger partial charge in [-0.1, -0.05) is 12.1 Å². The molecule has 1 amide bonds. The Bertz CT molecular complexity index is 620. The molecular weight excluding hydrogens is 252 g/mol. The van der Waals surface area contributed by atoms with Crippen LogP contribution in [0, 0.1) is 0 Å².